The number of hydrogen-bond donors (Lipinski definition) is 1. The zero-order valence-corrected chi connectivity index (χ0v) is 6.27. The molecule has 0 spiro atoms. The molecule has 68 valence electrons. The normalized spacial score (nSPS) is 12.0. The van der Waals surface area contributed by atoms with Crippen LogP contribution in [0.2, 0.25) is 0 Å². The summed E-state index contributed by atoms with van der Waals surface area (Å²) in [5.41, 5.74) is -0.456. The Morgan fingerprint density at radius 3 is 2.50 bits per heavy atom. The largest absolute Gasteiger partial charge is 0.406 e. The molecule has 1 N–H and O–H groups in total. The maximum atomic E-state index is 11.8. The Hall–Kier alpha value is -1.20. The number of hydrogen-bond acceptors (Lipinski definition) is 1. The fraction of sp³-hybridized carbons (Fsp3) is 0.500. The van der Waals surface area contributed by atoms with Gasteiger partial charge in [0, 0.05) is 11.9 Å². The molecule has 0 bridgehead atoms. The van der Waals surface area contributed by atoms with Gasteiger partial charge in [-0.05, 0) is 6.92 Å². The first-order chi connectivity index (χ1) is 5.40. The Morgan fingerprint density at radius 2 is 2.17 bits per heavy atom. The van der Waals surface area contributed by atoms with Gasteiger partial charge in [-0.25, -0.2) is 4.79 Å². The van der Waals surface area contributed by atoms with Crippen molar-refractivity contribution >= 4 is 0 Å². The lowest BCUT2D eigenvalue weighted by Gasteiger charge is -2.07. The van der Waals surface area contributed by atoms with Crippen LogP contribution < -0.4 is 5.69 Å². The fourth-order valence-electron chi connectivity index (χ4n) is 0.858. The predicted molar refractivity (Wildman–Crippen MR) is 35.8 cm³/mol. The highest BCUT2D eigenvalue weighted by atomic mass is 19.4. The lowest BCUT2D eigenvalue weighted by molar-refractivity contribution is -0.141. The van der Waals surface area contributed by atoms with E-state index in [0.29, 0.717) is 4.57 Å². The van der Waals surface area contributed by atoms with Crippen molar-refractivity contribution in [2.75, 3.05) is 0 Å². The van der Waals surface area contributed by atoms with E-state index in [1.807, 2.05) is 0 Å². The Balaban J connectivity index is 2.96. The number of aryl methyl sites for hydroxylation is 1. The van der Waals surface area contributed by atoms with Crippen LogP contribution in [0.3, 0.4) is 0 Å². The number of imidazole rings is 1. The van der Waals surface area contributed by atoms with Crippen molar-refractivity contribution in [3.05, 3.63) is 22.4 Å². The Morgan fingerprint density at radius 1 is 1.58 bits per heavy atom. The smallest absolute Gasteiger partial charge is 0.312 e. The number of halogens is 3. The van der Waals surface area contributed by atoms with Crippen LogP contribution in [0.5, 0.6) is 0 Å². The van der Waals surface area contributed by atoms with Crippen molar-refractivity contribution in [1.82, 2.24) is 9.55 Å². The molecule has 1 heterocycles. The van der Waals surface area contributed by atoms with Gasteiger partial charge in [0.25, 0.3) is 0 Å². The Kier molecular flexibility index (Phi) is 1.99. The van der Waals surface area contributed by atoms with E-state index in [2.05, 4.69) is 4.98 Å². The van der Waals surface area contributed by atoms with Crippen molar-refractivity contribution in [1.29, 1.82) is 0 Å². The molecule has 0 saturated carbocycles. The summed E-state index contributed by atoms with van der Waals surface area (Å²) in [5, 5.41) is 0. The molecule has 0 aromatic carbocycles. The highest BCUT2D eigenvalue weighted by Gasteiger charge is 2.29. The summed E-state index contributed by atoms with van der Waals surface area (Å²) in [6.07, 6.45) is -3.11. The molecule has 0 saturated heterocycles. The fourth-order valence-corrected chi connectivity index (χ4v) is 0.858. The number of nitrogens with zero attached hydrogens (tertiary/aromatic N) is 1. The molecule has 0 radical (unpaired) electrons. The maximum absolute atomic E-state index is 11.8. The third-order valence-corrected chi connectivity index (χ3v) is 1.41. The van der Waals surface area contributed by atoms with Crippen molar-refractivity contribution in [3.8, 4) is 0 Å². The van der Waals surface area contributed by atoms with Gasteiger partial charge in [-0.1, -0.05) is 0 Å². The van der Waals surface area contributed by atoms with Crippen molar-refractivity contribution < 1.29 is 13.2 Å². The third-order valence-electron chi connectivity index (χ3n) is 1.41. The number of rotatable bonds is 1. The lowest BCUT2D eigenvalue weighted by atomic mass is 10.5. The van der Waals surface area contributed by atoms with Gasteiger partial charge in [-0.2, -0.15) is 13.2 Å². The van der Waals surface area contributed by atoms with Crippen molar-refractivity contribution in [3.63, 3.8) is 0 Å². The minimum Gasteiger partial charge on any atom is -0.312 e. The molecule has 0 aliphatic heterocycles. The number of aromatic nitrogens is 2. The maximum Gasteiger partial charge on any atom is 0.406 e. The molecular weight excluding hydrogens is 173 g/mol. The van der Waals surface area contributed by atoms with Crippen molar-refractivity contribution in [2.45, 2.75) is 19.6 Å². The topological polar surface area (TPSA) is 37.8 Å². The first-order valence-electron chi connectivity index (χ1n) is 3.22. The van der Waals surface area contributed by atoms with E-state index in [1.54, 1.807) is 0 Å². The van der Waals surface area contributed by atoms with Crippen LogP contribution in [0.15, 0.2) is 11.0 Å². The van der Waals surface area contributed by atoms with Gasteiger partial charge < -0.3 is 4.98 Å². The van der Waals surface area contributed by atoms with Gasteiger partial charge >= 0.3 is 11.9 Å². The van der Waals surface area contributed by atoms with E-state index in [9.17, 15) is 18.0 Å². The summed E-state index contributed by atoms with van der Waals surface area (Å²) in [7, 11) is 0. The molecule has 1 aromatic heterocycles. The first kappa shape index (κ1) is 8.89. The van der Waals surface area contributed by atoms with E-state index >= 15 is 0 Å². The summed E-state index contributed by atoms with van der Waals surface area (Å²) >= 11 is 0. The first-order valence-corrected chi connectivity index (χ1v) is 3.22. The second kappa shape index (κ2) is 2.69. The summed E-state index contributed by atoms with van der Waals surface area (Å²) < 4.78 is 36.1. The Labute approximate surface area is 65.8 Å². The SMILES string of the molecule is Cc1c[nH]c(=O)n1CC(F)(F)F. The van der Waals surface area contributed by atoms with E-state index in [0.717, 1.165) is 0 Å². The summed E-state index contributed by atoms with van der Waals surface area (Å²) in [4.78, 5) is 12.9. The van der Waals surface area contributed by atoms with Crippen LogP contribution in [-0.4, -0.2) is 15.7 Å². The molecule has 1 aromatic rings. The average molecular weight is 180 g/mol. The van der Waals surface area contributed by atoms with Crippen LogP contribution in [0, 0.1) is 6.92 Å². The van der Waals surface area contributed by atoms with E-state index in [1.165, 1.54) is 13.1 Å². The molecule has 1 rings (SSSR count). The quantitative estimate of drug-likeness (QED) is 0.689. The monoisotopic (exact) mass is 180 g/mol. The van der Waals surface area contributed by atoms with Crippen LogP contribution >= 0.6 is 0 Å². The molecule has 0 amide bonds. The molecule has 0 unspecified atom stereocenters. The molecule has 0 atom stereocenters. The second-order valence-electron chi connectivity index (χ2n) is 2.44. The molecule has 0 aliphatic carbocycles. The van der Waals surface area contributed by atoms with E-state index < -0.39 is 18.4 Å². The zero-order chi connectivity index (χ0) is 9.35. The van der Waals surface area contributed by atoms with Crippen LogP contribution in [0.25, 0.3) is 0 Å². The molecular formula is C6H7F3N2O. The highest BCUT2D eigenvalue weighted by molar-refractivity contribution is 4.94. The minimum atomic E-state index is -4.35. The van der Waals surface area contributed by atoms with Crippen LogP contribution in [-0.2, 0) is 6.54 Å². The predicted octanol–water partition coefficient (Wildman–Crippen LogP) is 1.05. The van der Waals surface area contributed by atoms with Crippen molar-refractivity contribution in [2.24, 2.45) is 0 Å². The average Bonchev–Trinajstić information content (AvgIpc) is 2.16. The molecule has 12 heavy (non-hydrogen) atoms. The lowest BCUT2D eigenvalue weighted by Crippen LogP contribution is -2.27. The molecule has 6 heteroatoms. The number of alkyl halides is 3. The number of nitrogens with one attached hydrogen (secondary N) is 1. The van der Waals surface area contributed by atoms with Gasteiger partial charge in [-0.15, -0.1) is 0 Å². The summed E-state index contributed by atoms with van der Waals surface area (Å²) in [5.74, 6) is 0. The molecule has 3 nitrogen and oxygen atoms in total. The van der Waals surface area contributed by atoms with Gasteiger partial charge in [0.2, 0.25) is 0 Å². The van der Waals surface area contributed by atoms with Gasteiger partial charge in [0.05, 0.1) is 0 Å². The number of aromatic amines is 1. The third kappa shape index (κ3) is 1.90. The minimum absolute atomic E-state index is 0.275. The summed E-state index contributed by atoms with van der Waals surface area (Å²) in [6.45, 7) is 0.199. The second-order valence-corrected chi connectivity index (χ2v) is 2.44. The highest BCUT2D eigenvalue weighted by Crippen LogP contribution is 2.16. The van der Waals surface area contributed by atoms with Crippen LogP contribution in [0.1, 0.15) is 5.69 Å². The van der Waals surface area contributed by atoms with E-state index in [4.69, 9.17) is 0 Å². The molecule has 0 aliphatic rings. The van der Waals surface area contributed by atoms with E-state index in [-0.39, 0.29) is 5.69 Å². The molecule has 0 fully saturated rings. The Bertz CT molecular complexity index is 322. The van der Waals surface area contributed by atoms with Gasteiger partial charge in [0.1, 0.15) is 6.54 Å². The zero-order valence-electron chi connectivity index (χ0n) is 6.27. The standard InChI is InChI=1S/C6H7F3N2O/c1-4-2-10-5(12)11(4)3-6(7,8)9/h2H,3H2,1H3,(H,10,12). The van der Waals surface area contributed by atoms with Gasteiger partial charge in [0.15, 0.2) is 0 Å². The van der Waals surface area contributed by atoms with Gasteiger partial charge in [-0.3, -0.25) is 4.57 Å². The number of H-pyrrole nitrogens is 1. The van der Waals surface area contributed by atoms with Crippen LogP contribution in [0.4, 0.5) is 13.2 Å². The summed E-state index contributed by atoms with van der Waals surface area (Å²) in [6, 6.07) is 0.